The number of quaternary nitrogens is 1. The number of hydrogen-bond donors (Lipinski definition) is 1. The zero-order valence-electron chi connectivity index (χ0n) is 18.5. The summed E-state index contributed by atoms with van der Waals surface area (Å²) in [5.41, 5.74) is 1.02. The Kier molecular flexibility index (Phi) is 5.53. The number of Topliss-reactive ketones (excluding diaryl/α,β-unsaturated/α-hetero) is 1. The highest BCUT2D eigenvalue weighted by atomic mass is 16.2. The number of carbonyl (C=O) groups excluding carboxylic acids is 1. The normalized spacial score (nSPS) is 16.1. The number of fused-ring (bicyclic) bond motifs is 1. The van der Waals surface area contributed by atoms with Crippen molar-refractivity contribution in [2.45, 2.75) is 26.4 Å². The summed E-state index contributed by atoms with van der Waals surface area (Å²) in [5.74, 6) is 0.611. The van der Waals surface area contributed by atoms with E-state index in [0.29, 0.717) is 23.5 Å². The van der Waals surface area contributed by atoms with E-state index >= 15 is 0 Å². The molecule has 1 fully saturated rings. The average molecular weight is 426 g/mol. The Hall–Kier alpha value is -3.20. The van der Waals surface area contributed by atoms with Crippen molar-refractivity contribution in [1.82, 2.24) is 18.7 Å². The second-order valence-electron chi connectivity index (χ2n) is 8.31. The third-order valence-corrected chi connectivity index (χ3v) is 6.34. The zero-order valence-corrected chi connectivity index (χ0v) is 18.5. The third kappa shape index (κ3) is 3.69. The quantitative estimate of drug-likeness (QED) is 0.595. The van der Waals surface area contributed by atoms with Crippen LogP contribution in [0, 0.1) is 0 Å². The molecule has 1 N–H and O–H groups in total. The topological polar surface area (TPSA) is 86.6 Å². The van der Waals surface area contributed by atoms with Gasteiger partial charge in [0.1, 0.15) is 6.54 Å². The maximum Gasteiger partial charge on any atom is 0.332 e. The Morgan fingerprint density at radius 3 is 2.35 bits per heavy atom. The summed E-state index contributed by atoms with van der Waals surface area (Å²) in [7, 11) is 3.06. The van der Waals surface area contributed by atoms with Crippen molar-refractivity contribution >= 4 is 22.6 Å². The van der Waals surface area contributed by atoms with Crippen molar-refractivity contribution in [2.24, 2.45) is 14.1 Å². The standard InChI is InChI=1S/C22H28N6O3/c1-15(16(2)29)28-18(23-20-19(28)21(30)25(4)22(31)24(20)3)14-26-10-12-27(13-11-26)17-8-6-5-7-9-17/h5-9,15H,10-14H2,1-4H3/p+1/t15-/m0/s1. The van der Waals surface area contributed by atoms with Gasteiger partial charge in [0.25, 0.3) is 5.56 Å². The lowest BCUT2D eigenvalue weighted by atomic mass is 10.2. The Bertz CT molecular complexity index is 1230. The Morgan fingerprint density at radius 2 is 1.74 bits per heavy atom. The van der Waals surface area contributed by atoms with E-state index in [1.165, 1.54) is 29.1 Å². The highest BCUT2D eigenvalue weighted by molar-refractivity contribution is 5.82. The van der Waals surface area contributed by atoms with Gasteiger partial charge in [-0.05, 0) is 26.0 Å². The maximum absolute atomic E-state index is 12.9. The molecule has 0 amide bonds. The van der Waals surface area contributed by atoms with Crippen LogP contribution in [0.25, 0.3) is 11.2 Å². The van der Waals surface area contributed by atoms with Crippen LogP contribution in [0.1, 0.15) is 25.7 Å². The number of nitrogens with one attached hydrogen (secondary N) is 1. The van der Waals surface area contributed by atoms with E-state index in [0.717, 1.165) is 30.7 Å². The number of carbonyl (C=O) groups is 1. The number of nitrogens with zero attached hydrogens (tertiary/aromatic N) is 5. The van der Waals surface area contributed by atoms with Gasteiger partial charge in [0, 0.05) is 19.8 Å². The summed E-state index contributed by atoms with van der Waals surface area (Å²) in [6.07, 6.45) is 0. The molecule has 1 aliphatic rings. The molecular formula is C22H29N6O3+. The van der Waals surface area contributed by atoms with Crippen LogP contribution < -0.4 is 21.0 Å². The monoisotopic (exact) mass is 425 g/mol. The number of rotatable bonds is 5. The molecule has 0 unspecified atom stereocenters. The first kappa shape index (κ1) is 21.0. The molecule has 3 aromatic rings. The Labute approximate surface area is 180 Å². The van der Waals surface area contributed by atoms with E-state index in [4.69, 9.17) is 0 Å². The number of para-hydroxylation sites is 1. The minimum absolute atomic E-state index is 0.0552. The van der Waals surface area contributed by atoms with Gasteiger partial charge >= 0.3 is 5.69 Å². The predicted octanol–water partition coefficient (Wildman–Crippen LogP) is -0.511. The van der Waals surface area contributed by atoms with Crippen molar-refractivity contribution in [3.8, 4) is 0 Å². The molecule has 1 aliphatic heterocycles. The number of ketones is 1. The second kappa shape index (κ2) is 8.14. The predicted molar refractivity (Wildman–Crippen MR) is 119 cm³/mol. The molecule has 9 nitrogen and oxygen atoms in total. The van der Waals surface area contributed by atoms with Crippen molar-refractivity contribution in [3.63, 3.8) is 0 Å². The smallest absolute Gasteiger partial charge is 0.332 e. The molecule has 0 bridgehead atoms. The molecule has 2 aromatic heterocycles. The minimum Gasteiger partial charge on any atom is -0.360 e. The van der Waals surface area contributed by atoms with E-state index in [1.807, 2.05) is 18.2 Å². The van der Waals surface area contributed by atoms with Crippen LogP contribution in [0.2, 0.25) is 0 Å². The van der Waals surface area contributed by atoms with Gasteiger partial charge < -0.3 is 14.4 Å². The van der Waals surface area contributed by atoms with Crippen molar-refractivity contribution in [3.05, 3.63) is 57.0 Å². The summed E-state index contributed by atoms with van der Waals surface area (Å²) in [5, 5.41) is 0. The first-order valence-corrected chi connectivity index (χ1v) is 10.6. The molecule has 3 heterocycles. The number of benzene rings is 1. The highest BCUT2D eigenvalue weighted by Gasteiger charge is 2.28. The molecule has 0 radical (unpaired) electrons. The lowest BCUT2D eigenvalue weighted by Crippen LogP contribution is -3.13. The van der Waals surface area contributed by atoms with Gasteiger partial charge in [-0.1, -0.05) is 18.2 Å². The molecule has 0 aliphatic carbocycles. The lowest BCUT2D eigenvalue weighted by Gasteiger charge is -2.33. The van der Waals surface area contributed by atoms with Crippen molar-refractivity contribution in [2.75, 3.05) is 31.1 Å². The van der Waals surface area contributed by atoms with Crippen molar-refractivity contribution in [1.29, 1.82) is 0 Å². The summed E-state index contributed by atoms with van der Waals surface area (Å²) in [4.78, 5) is 45.9. The molecule has 31 heavy (non-hydrogen) atoms. The van der Waals surface area contributed by atoms with E-state index in [1.54, 1.807) is 18.5 Å². The lowest BCUT2D eigenvalue weighted by molar-refractivity contribution is -0.915. The van der Waals surface area contributed by atoms with Gasteiger partial charge in [-0.3, -0.25) is 18.7 Å². The summed E-state index contributed by atoms with van der Waals surface area (Å²) >= 11 is 0. The molecule has 1 atom stereocenters. The molecule has 1 aromatic carbocycles. The zero-order chi connectivity index (χ0) is 22.3. The average Bonchev–Trinajstić information content (AvgIpc) is 3.15. The molecular weight excluding hydrogens is 396 g/mol. The molecule has 0 spiro atoms. The number of hydrogen-bond acceptors (Lipinski definition) is 5. The van der Waals surface area contributed by atoms with E-state index in [2.05, 4.69) is 22.0 Å². The van der Waals surface area contributed by atoms with Crippen molar-refractivity contribution < 1.29 is 9.69 Å². The van der Waals surface area contributed by atoms with Gasteiger partial charge in [-0.25, -0.2) is 9.78 Å². The Balaban J connectivity index is 1.68. The molecule has 4 rings (SSSR count). The number of imidazole rings is 1. The Morgan fingerprint density at radius 1 is 1.10 bits per heavy atom. The van der Waals surface area contributed by atoms with Gasteiger partial charge in [0.15, 0.2) is 22.8 Å². The van der Waals surface area contributed by atoms with E-state index < -0.39 is 17.3 Å². The number of anilines is 1. The fourth-order valence-electron chi connectivity index (χ4n) is 4.30. The van der Waals surface area contributed by atoms with Gasteiger partial charge in [-0.2, -0.15) is 0 Å². The van der Waals surface area contributed by atoms with Crippen LogP contribution in [-0.2, 0) is 25.4 Å². The molecule has 1 saturated heterocycles. The van der Waals surface area contributed by atoms with Crippen LogP contribution in [0.5, 0.6) is 0 Å². The molecule has 9 heteroatoms. The number of aryl methyl sites for hydroxylation is 1. The largest absolute Gasteiger partial charge is 0.360 e. The van der Waals surface area contributed by atoms with Crippen LogP contribution >= 0.6 is 0 Å². The minimum atomic E-state index is -0.532. The number of aromatic nitrogens is 4. The van der Waals surface area contributed by atoms with Gasteiger partial charge in [0.2, 0.25) is 0 Å². The SMILES string of the molecule is CC(=O)[C@H](C)n1c(C[NH+]2CCN(c3ccccc3)CC2)nc2c1c(=O)n(C)c(=O)n2C. The van der Waals surface area contributed by atoms with E-state index in [-0.39, 0.29) is 5.78 Å². The second-order valence-corrected chi connectivity index (χ2v) is 8.31. The summed E-state index contributed by atoms with van der Waals surface area (Å²) in [6, 6.07) is 9.82. The highest BCUT2D eigenvalue weighted by Crippen LogP contribution is 2.18. The molecule has 0 saturated carbocycles. The third-order valence-electron chi connectivity index (χ3n) is 6.34. The summed E-state index contributed by atoms with van der Waals surface area (Å²) < 4.78 is 4.19. The maximum atomic E-state index is 12.9. The van der Waals surface area contributed by atoms with Crippen LogP contribution in [0.15, 0.2) is 39.9 Å². The van der Waals surface area contributed by atoms with Gasteiger partial charge in [-0.15, -0.1) is 0 Å². The first-order valence-electron chi connectivity index (χ1n) is 10.6. The fraction of sp³-hybridized carbons (Fsp3) is 0.455. The van der Waals surface area contributed by atoms with E-state index in [9.17, 15) is 14.4 Å². The van der Waals surface area contributed by atoms with Crippen LogP contribution in [0.4, 0.5) is 5.69 Å². The summed E-state index contributed by atoms with van der Waals surface area (Å²) in [6.45, 7) is 7.56. The fourth-order valence-corrected chi connectivity index (χ4v) is 4.30. The van der Waals surface area contributed by atoms with Gasteiger partial charge in [0.05, 0.1) is 32.2 Å². The number of piperazine rings is 1. The molecule has 164 valence electrons. The van der Waals surface area contributed by atoms with Crippen LogP contribution in [-0.4, -0.2) is 50.6 Å². The van der Waals surface area contributed by atoms with Crippen LogP contribution in [0.3, 0.4) is 0 Å². The first-order chi connectivity index (χ1) is 14.8.